The van der Waals surface area contributed by atoms with Gasteiger partial charge in [0.15, 0.2) is 5.82 Å². The van der Waals surface area contributed by atoms with E-state index in [1.54, 1.807) is 0 Å². The molecule has 3 aromatic rings. The molecule has 0 saturated heterocycles. The molecule has 96 valence electrons. The monoisotopic (exact) mass is 275 g/mol. The van der Waals surface area contributed by atoms with Crippen LogP contribution in [0.1, 0.15) is 0 Å². The Bertz CT molecular complexity index is 735. The van der Waals surface area contributed by atoms with Gasteiger partial charge in [0, 0.05) is 5.39 Å². The van der Waals surface area contributed by atoms with Crippen molar-refractivity contribution in [1.82, 2.24) is 25.4 Å². The zero-order valence-corrected chi connectivity index (χ0v) is 10.4. The van der Waals surface area contributed by atoms with Crippen molar-refractivity contribution in [3.63, 3.8) is 0 Å². The average Bonchev–Trinajstić information content (AvgIpc) is 3.02. The van der Waals surface area contributed by atoms with Crippen LogP contribution in [0.5, 0.6) is 0 Å². The zero-order chi connectivity index (χ0) is 13.2. The molecule has 0 saturated carbocycles. The minimum atomic E-state index is -0.901. The number of thioether (sulfide) groups is 1. The Morgan fingerprint density at radius 3 is 2.95 bits per heavy atom. The summed E-state index contributed by atoms with van der Waals surface area (Å²) in [5.74, 6) is -0.453. The first kappa shape index (κ1) is 11.7. The molecule has 0 aliphatic rings. The molecule has 1 aromatic carbocycles. The van der Waals surface area contributed by atoms with Crippen molar-refractivity contribution in [3.8, 4) is 11.5 Å². The Morgan fingerprint density at radius 1 is 1.26 bits per heavy atom. The van der Waals surface area contributed by atoms with Crippen LogP contribution in [-0.4, -0.2) is 42.2 Å². The molecule has 0 spiro atoms. The number of H-pyrrole nitrogens is 2. The number of aromatic amines is 2. The van der Waals surface area contributed by atoms with Crippen LogP contribution in [0.2, 0.25) is 0 Å². The summed E-state index contributed by atoms with van der Waals surface area (Å²) >= 11 is 1.06. The number of hydrogen-bond acceptors (Lipinski definition) is 5. The summed E-state index contributed by atoms with van der Waals surface area (Å²) in [4.78, 5) is 14.7. The van der Waals surface area contributed by atoms with E-state index in [0.717, 1.165) is 22.7 Å². The van der Waals surface area contributed by atoms with E-state index in [1.807, 2.05) is 24.3 Å². The first-order valence-corrected chi connectivity index (χ1v) is 6.43. The second-order valence-corrected chi connectivity index (χ2v) is 4.71. The number of aliphatic carboxylic acids is 1. The van der Waals surface area contributed by atoms with Crippen molar-refractivity contribution in [2.45, 2.75) is 5.16 Å². The van der Waals surface area contributed by atoms with Gasteiger partial charge in [-0.1, -0.05) is 30.0 Å². The molecule has 0 radical (unpaired) electrons. The fraction of sp³-hybridized carbons (Fsp3) is 0.0909. The number of fused-ring (bicyclic) bond motifs is 1. The lowest BCUT2D eigenvalue weighted by molar-refractivity contribution is -0.133. The van der Waals surface area contributed by atoms with Gasteiger partial charge in [0.25, 0.3) is 0 Å². The van der Waals surface area contributed by atoms with E-state index in [2.05, 4.69) is 25.4 Å². The van der Waals surface area contributed by atoms with Gasteiger partial charge in [-0.15, -0.1) is 5.10 Å². The van der Waals surface area contributed by atoms with Crippen LogP contribution in [0.25, 0.3) is 22.4 Å². The Morgan fingerprint density at radius 2 is 2.11 bits per heavy atom. The van der Waals surface area contributed by atoms with Gasteiger partial charge < -0.3 is 5.11 Å². The predicted molar refractivity (Wildman–Crippen MR) is 69.8 cm³/mol. The van der Waals surface area contributed by atoms with Gasteiger partial charge in [-0.3, -0.25) is 15.0 Å². The summed E-state index contributed by atoms with van der Waals surface area (Å²) < 4.78 is 0. The molecule has 0 unspecified atom stereocenters. The maximum Gasteiger partial charge on any atom is 0.313 e. The lowest BCUT2D eigenvalue weighted by Crippen LogP contribution is -1.97. The van der Waals surface area contributed by atoms with Crippen molar-refractivity contribution >= 4 is 28.6 Å². The number of carboxylic acids is 1. The van der Waals surface area contributed by atoms with Gasteiger partial charge in [0.05, 0.1) is 11.3 Å². The molecule has 2 aromatic heterocycles. The molecule has 0 aliphatic heterocycles. The third-order valence-corrected chi connectivity index (χ3v) is 3.32. The summed E-state index contributed by atoms with van der Waals surface area (Å²) in [6.45, 7) is 0. The van der Waals surface area contributed by atoms with E-state index < -0.39 is 5.97 Å². The highest BCUT2D eigenvalue weighted by atomic mass is 32.2. The maximum absolute atomic E-state index is 10.5. The van der Waals surface area contributed by atoms with Gasteiger partial charge in [0.1, 0.15) is 5.69 Å². The van der Waals surface area contributed by atoms with E-state index in [4.69, 9.17) is 5.11 Å². The number of aromatic nitrogens is 5. The molecule has 3 rings (SSSR count). The summed E-state index contributed by atoms with van der Waals surface area (Å²) in [6.07, 6.45) is 0. The van der Waals surface area contributed by atoms with E-state index in [1.165, 1.54) is 0 Å². The summed E-state index contributed by atoms with van der Waals surface area (Å²) in [5.41, 5.74) is 1.58. The fourth-order valence-electron chi connectivity index (χ4n) is 1.69. The predicted octanol–water partition coefficient (Wildman–Crippen LogP) is 1.52. The Balaban J connectivity index is 1.92. The van der Waals surface area contributed by atoms with Gasteiger partial charge in [-0.25, -0.2) is 0 Å². The molecule has 0 aliphatic carbocycles. The minimum Gasteiger partial charge on any atom is -0.481 e. The lowest BCUT2D eigenvalue weighted by atomic mass is 10.2. The SMILES string of the molecule is O=C(O)CSc1n[nH]c(-c2n[nH]c3ccccc23)n1. The molecular formula is C11H9N5O2S. The normalized spacial score (nSPS) is 10.9. The van der Waals surface area contributed by atoms with Crippen LogP contribution < -0.4 is 0 Å². The molecular weight excluding hydrogens is 266 g/mol. The lowest BCUT2D eigenvalue weighted by Gasteiger charge is -1.90. The smallest absolute Gasteiger partial charge is 0.313 e. The van der Waals surface area contributed by atoms with Crippen LogP contribution in [0, 0.1) is 0 Å². The van der Waals surface area contributed by atoms with Gasteiger partial charge >= 0.3 is 5.97 Å². The molecule has 0 fully saturated rings. The van der Waals surface area contributed by atoms with E-state index in [9.17, 15) is 4.79 Å². The number of nitrogens with one attached hydrogen (secondary N) is 2. The van der Waals surface area contributed by atoms with Crippen molar-refractivity contribution in [1.29, 1.82) is 0 Å². The highest BCUT2D eigenvalue weighted by Gasteiger charge is 2.13. The van der Waals surface area contributed by atoms with Crippen LogP contribution in [-0.2, 0) is 4.79 Å². The molecule has 0 amide bonds. The van der Waals surface area contributed by atoms with E-state index >= 15 is 0 Å². The van der Waals surface area contributed by atoms with Crippen LogP contribution in [0.3, 0.4) is 0 Å². The Kier molecular flexibility index (Phi) is 2.92. The molecule has 8 heteroatoms. The minimum absolute atomic E-state index is 0.0708. The quantitative estimate of drug-likeness (QED) is 0.623. The standard InChI is InChI=1S/C11H9N5O2S/c17-8(18)5-19-11-12-10(15-16-11)9-6-3-1-2-4-7(6)13-14-9/h1-4H,5H2,(H,13,14)(H,17,18)(H,12,15,16). The summed E-state index contributed by atoms with van der Waals surface area (Å²) in [7, 11) is 0. The summed E-state index contributed by atoms with van der Waals surface area (Å²) in [5, 5.41) is 23.8. The Hall–Kier alpha value is -2.35. The largest absolute Gasteiger partial charge is 0.481 e. The number of carboxylic acid groups (broad SMARTS) is 1. The first-order chi connectivity index (χ1) is 9.24. The zero-order valence-electron chi connectivity index (χ0n) is 9.62. The number of para-hydroxylation sites is 1. The highest BCUT2D eigenvalue weighted by Crippen LogP contribution is 2.24. The molecule has 19 heavy (non-hydrogen) atoms. The second kappa shape index (κ2) is 4.73. The number of hydrogen-bond donors (Lipinski definition) is 3. The summed E-state index contributed by atoms with van der Waals surface area (Å²) in [6, 6.07) is 7.68. The van der Waals surface area contributed by atoms with Crippen molar-refractivity contribution in [2.75, 3.05) is 5.75 Å². The fourth-order valence-corrected chi connectivity index (χ4v) is 2.21. The topological polar surface area (TPSA) is 108 Å². The first-order valence-electron chi connectivity index (χ1n) is 5.44. The third kappa shape index (κ3) is 2.29. The van der Waals surface area contributed by atoms with E-state index in [0.29, 0.717) is 16.7 Å². The van der Waals surface area contributed by atoms with Gasteiger partial charge in [-0.2, -0.15) is 10.1 Å². The molecule has 3 N–H and O–H groups in total. The van der Waals surface area contributed by atoms with Crippen LogP contribution in [0.4, 0.5) is 0 Å². The Labute approximate surface area is 111 Å². The van der Waals surface area contributed by atoms with Crippen molar-refractivity contribution in [2.24, 2.45) is 0 Å². The third-order valence-electron chi connectivity index (χ3n) is 2.48. The number of nitrogens with zero attached hydrogens (tertiary/aromatic N) is 3. The van der Waals surface area contributed by atoms with Gasteiger partial charge in [0.2, 0.25) is 5.16 Å². The van der Waals surface area contributed by atoms with Crippen molar-refractivity contribution < 1.29 is 9.90 Å². The number of rotatable bonds is 4. The van der Waals surface area contributed by atoms with Gasteiger partial charge in [-0.05, 0) is 6.07 Å². The van der Waals surface area contributed by atoms with Crippen LogP contribution in [0.15, 0.2) is 29.4 Å². The molecule has 0 atom stereocenters. The molecule has 2 heterocycles. The van der Waals surface area contributed by atoms with Crippen molar-refractivity contribution in [3.05, 3.63) is 24.3 Å². The number of carbonyl (C=O) groups is 1. The van der Waals surface area contributed by atoms with E-state index in [-0.39, 0.29) is 5.75 Å². The second-order valence-electron chi connectivity index (χ2n) is 3.77. The molecule has 0 bridgehead atoms. The van der Waals surface area contributed by atoms with Crippen LogP contribution >= 0.6 is 11.8 Å². The average molecular weight is 275 g/mol. The molecule has 7 nitrogen and oxygen atoms in total. The number of benzene rings is 1. The maximum atomic E-state index is 10.5. The highest BCUT2D eigenvalue weighted by molar-refractivity contribution is 7.99.